The number of para-hydroxylation sites is 1. The number of aryl methyl sites for hydroxylation is 4. The number of rotatable bonds is 3. The second kappa shape index (κ2) is 4.96. The van der Waals surface area contributed by atoms with Gasteiger partial charge in [-0.15, -0.1) is 0 Å². The number of hydrogen-bond acceptors (Lipinski definition) is 2. The van der Waals surface area contributed by atoms with Crippen molar-refractivity contribution >= 4 is 10.9 Å². The fourth-order valence-electron chi connectivity index (χ4n) is 2.60. The lowest BCUT2D eigenvalue weighted by atomic mass is 10.2. The van der Waals surface area contributed by atoms with Gasteiger partial charge in [-0.25, -0.2) is 4.98 Å². The van der Waals surface area contributed by atoms with Crippen molar-refractivity contribution in [3.63, 3.8) is 0 Å². The Morgan fingerprint density at radius 1 is 1.15 bits per heavy atom. The monoisotopic (exact) mass is 267 g/mol. The summed E-state index contributed by atoms with van der Waals surface area (Å²) in [5.74, 6) is 1.01. The Balaban J connectivity index is 2.03. The molecule has 0 saturated carbocycles. The maximum atomic E-state index is 12.0. The number of hydrogen-bond donors (Lipinski definition) is 0. The molecule has 3 aromatic rings. The average molecular weight is 267 g/mol. The van der Waals surface area contributed by atoms with Gasteiger partial charge in [-0.05, 0) is 26.0 Å². The van der Waals surface area contributed by atoms with E-state index in [-0.39, 0.29) is 5.43 Å². The van der Waals surface area contributed by atoms with Crippen molar-refractivity contribution in [2.45, 2.75) is 26.9 Å². The lowest BCUT2D eigenvalue weighted by Gasteiger charge is -2.15. The number of aromatic nitrogens is 3. The van der Waals surface area contributed by atoms with Gasteiger partial charge in [0.2, 0.25) is 0 Å². The van der Waals surface area contributed by atoms with Gasteiger partial charge in [-0.1, -0.05) is 12.1 Å². The zero-order valence-electron chi connectivity index (χ0n) is 11.7. The van der Waals surface area contributed by atoms with Gasteiger partial charge < -0.3 is 9.13 Å². The van der Waals surface area contributed by atoms with Crippen LogP contribution in [0.5, 0.6) is 0 Å². The highest BCUT2D eigenvalue weighted by Gasteiger charge is 2.06. The highest BCUT2D eigenvalue weighted by molar-refractivity contribution is 5.79. The molecule has 3 rings (SSSR count). The zero-order valence-corrected chi connectivity index (χ0v) is 11.7. The molecule has 4 heteroatoms. The quantitative estimate of drug-likeness (QED) is 0.731. The van der Waals surface area contributed by atoms with Gasteiger partial charge >= 0.3 is 0 Å². The molecule has 4 nitrogen and oxygen atoms in total. The van der Waals surface area contributed by atoms with Crippen molar-refractivity contribution < 1.29 is 0 Å². The molecule has 0 fully saturated rings. The smallest absolute Gasteiger partial charge is 0.189 e. The summed E-state index contributed by atoms with van der Waals surface area (Å²) in [4.78, 5) is 16.2. The first-order valence-electron chi connectivity index (χ1n) is 6.74. The summed E-state index contributed by atoms with van der Waals surface area (Å²) in [5.41, 5.74) is 2.08. The second-order valence-electron chi connectivity index (χ2n) is 4.99. The van der Waals surface area contributed by atoms with E-state index >= 15 is 0 Å². The first-order valence-corrected chi connectivity index (χ1v) is 6.74. The molecule has 102 valence electrons. The Morgan fingerprint density at radius 3 is 2.70 bits per heavy atom. The van der Waals surface area contributed by atoms with E-state index in [1.54, 1.807) is 6.07 Å². The molecule has 0 saturated heterocycles. The molecular weight excluding hydrogens is 250 g/mol. The number of benzene rings is 1. The van der Waals surface area contributed by atoms with E-state index in [2.05, 4.69) is 14.1 Å². The van der Waals surface area contributed by atoms with Crippen molar-refractivity contribution in [1.29, 1.82) is 0 Å². The van der Waals surface area contributed by atoms with Crippen LogP contribution in [0.25, 0.3) is 10.9 Å². The van der Waals surface area contributed by atoms with Crippen LogP contribution in [0.3, 0.4) is 0 Å². The van der Waals surface area contributed by atoms with Gasteiger partial charge in [0.1, 0.15) is 5.82 Å². The van der Waals surface area contributed by atoms with Crippen LogP contribution in [0, 0.1) is 13.8 Å². The van der Waals surface area contributed by atoms with Crippen molar-refractivity contribution in [3.8, 4) is 0 Å². The Bertz CT molecular complexity index is 814. The third-order valence-electron chi connectivity index (χ3n) is 3.71. The number of nitrogens with zero attached hydrogens (tertiary/aromatic N) is 3. The van der Waals surface area contributed by atoms with E-state index in [9.17, 15) is 4.79 Å². The highest BCUT2D eigenvalue weighted by Crippen LogP contribution is 2.13. The van der Waals surface area contributed by atoms with Gasteiger partial charge in [-0.3, -0.25) is 4.79 Å². The normalized spacial score (nSPS) is 11.1. The van der Waals surface area contributed by atoms with Gasteiger partial charge in [0, 0.05) is 42.6 Å². The fourth-order valence-corrected chi connectivity index (χ4v) is 2.60. The Morgan fingerprint density at radius 2 is 1.95 bits per heavy atom. The molecule has 0 aliphatic carbocycles. The minimum Gasteiger partial charge on any atom is -0.343 e. The van der Waals surface area contributed by atoms with Crippen molar-refractivity contribution in [3.05, 3.63) is 64.5 Å². The van der Waals surface area contributed by atoms with Gasteiger partial charge in [0.05, 0.1) is 5.52 Å². The third kappa shape index (κ3) is 2.13. The summed E-state index contributed by atoms with van der Waals surface area (Å²) in [6, 6.07) is 9.48. The molecule has 1 aromatic carbocycles. The summed E-state index contributed by atoms with van der Waals surface area (Å²) in [6.07, 6.45) is 3.79. The predicted octanol–water partition coefficient (Wildman–Crippen LogP) is 2.52. The molecule has 0 aliphatic heterocycles. The number of fused-ring (bicyclic) bond motifs is 1. The van der Waals surface area contributed by atoms with Crippen LogP contribution in [0.1, 0.15) is 11.5 Å². The molecule has 0 radical (unpaired) electrons. The molecule has 0 bridgehead atoms. The minimum atomic E-state index is 0.0909. The van der Waals surface area contributed by atoms with Crippen LogP contribution in [0.2, 0.25) is 0 Å². The summed E-state index contributed by atoms with van der Waals surface area (Å²) in [6.45, 7) is 5.65. The van der Waals surface area contributed by atoms with Crippen molar-refractivity contribution in [2.75, 3.05) is 0 Å². The van der Waals surface area contributed by atoms with Crippen molar-refractivity contribution in [1.82, 2.24) is 14.1 Å². The topological polar surface area (TPSA) is 39.8 Å². The molecular formula is C16H17N3O. The van der Waals surface area contributed by atoms with E-state index in [0.29, 0.717) is 0 Å². The van der Waals surface area contributed by atoms with Crippen LogP contribution in [0.4, 0.5) is 0 Å². The van der Waals surface area contributed by atoms with E-state index in [1.807, 2.05) is 50.5 Å². The van der Waals surface area contributed by atoms with Crippen LogP contribution >= 0.6 is 0 Å². The SMILES string of the molecule is Cc1nccn1CCn1c(C)cc(=O)c2ccccc21. The predicted molar refractivity (Wildman–Crippen MR) is 79.9 cm³/mol. The van der Waals surface area contributed by atoms with Gasteiger partial charge in [-0.2, -0.15) is 0 Å². The molecule has 0 atom stereocenters. The molecule has 0 aliphatic rings. The van der Waals surface area contributed by atoms with E-state index in [4.69, 9.17) is 0 Å². The van der Waals surface area contributed by atoms with Gasteiger partial charge in [0.25, 0.3) is 0 Å². The minimum absolute atomic E-state index is 0.0909. The standard InChI is InChI=1S/C16H17N3O/c1-12-11-16(20)14-5-3-4-6-15(14)19(12)10-9-18-8-7-17-13(18)2/h3-8,11H,9-10H2,1-2H3. The molecule has 0 unspecified atom stereocenters. The zero-order chi connectivity index (χ0) is 14.1. The molecule has 0 spiro atoms. The first-order chi connectivity index (χ1) is 9.66. The van der Waals surface area contributed by atoms with Crippen LogP contribution < -0.4 is 5.43 Å². The number of pyridine rings is 1. The first kappa shape index (κ1) is 12.7. The number of imidazole rings is 1. The Hall–Kier alpha value is -2.36. The van der Waals surface area contributed by atoms with Crippen LogP contribution in [0.15, 0.2) is 47.5 Å². The lowest BCUT2D eigenvalue weighted by Crippen LogP contribution is -2.15. The van der Waals surface area contributed by atoms with E-state index in [1.165, 1.54) is 0 Å². The second-order valence-corrected chi connectivity index (χ2v) is 4.99. The highest BCUT2D eigenvalue weighted by atomic mass is 16.1. The molecule has 0 amide bonds. The van der Waals surface area contributed by atoms with E-state index < -0.39 is 0 Å². The van der Waals surface area contributed by atoms with Gasteiger partial charge in [0.15, 0.2) is 5.43 Å². The summed E-state index contributed by atoms with van der Waals surface area (Å²) in [7, 11) is 0. The Labute approximate surface area is 117 Å². The van der Waals surface area contributed by atoms with Crippen LogP contribution in [-0.2, 0) is 13.1 Å². The van der Waals surface area contributed by atoms with Crippen LogP contribution in [-0.4, -0.2) is 14.1 Å². The Kier molecular flexibility index (Phi) is 3.14. The summed E-state index contributed by atoms with van der Waals surface area (Å²) >= 11 is 0. The summed E-state index contributed by atoms with van der Waals surface area (Å²) < 4.78 is 4.31. The summed E-state index contributed by atoms with van der Waals surface area (Å²) in [5, 5.41) is 0.778. The fraction of sp³-hybridized carbons (Fsp3) is 0.250. The molecule has 0 N–H and O–H groups in total. The van der Waals surface area contributed by atoms with Crippen molar-refractivity contribution in [2.24, 2.45) is 0 Å². The molecule has 2 heterocycles. The average Bonchev–Trinajstić information content (AvgIpc) is 2.84. The molecule has 20 heavy (non-hydrogen) atoms. The maximum Gasteiger partial charge on any atom is 0.189 e. The third-order valence-corrected chi connectivity index (χ3v) is 3.71. The largest absolute Gasteiger partial charge is 0.343 e. The maximum absolute atomic E-state index is 12.0. The van der Waals surface area contributed by atoms with E-state index in [0.717, 1.165) is 35.5 Å². The lowest BCUT2D eigenvalue weighted by molar-refractivity contribution is 0.569. The molecule has 2 aromatic heterocycles.